The topological polar surface area (TPSA) is 66.1 Å². The molecule has 18 heavy (non-hydrogen) atoms. The molecule has 1 aromatic rings. The van der Waals surface area contributed by atoms with Crippen LogP contribution >= 0.6 is 11.6 Å². The van der Waals surface area contributed by atoms with Gasteiger partial charge < -0.3 is 0 Å². The Bertz CT molecular complexity index is 580. The minimum atomic E-state index is -2.56. The van der Waals surface area contributed by atoms with Crippen LogP contribution in [-0.2, 0) is 9.73 Å². The van der Waals surface area contributed by atoms with Gasteiger partial charge in [0.1, 0.15) is 5.15 Å². The van der Waals surface area contributed by atoms with Gasteiger partial charge in [-0.1, -0.05) is 30.5 Å². The number of pyridine rings is 1. The number of nitriles is 1. The van der Waals surface area contributed by atoms with Gasteiger partial charge in [0.2, 0.25) is 6.19 Å². The van der Waals surface area contributed by atoms with E-state index in [-0.39, 0.29) is 5.25 Å². The Kier molecular flexibility index (Phi) is 3.88. The molecule has 0 N–H and O–H groups in total. The molecule has 2 rings (SSSR count). The normalized spacial score (nSPS) is 19.6. The van der Waals surface area contributed by atoms with Gasteiger partial charge in [-0.15, -0.1) is 4.36 Å². The first-order valence-electron chi connectivity index (χ1n) is 5.73. The van der Waals surface area contributed by atoms with Crippen molar-refractivity contribution in [1.29, 1.82) is 5.26 Å². The van der Waals surface area contributed by atoms with E-state index in [1.54, 1.807) is 18.5 Å². The van der Waals surface area contributed by atoms with E-state index in [1.165, 1.54) is 19.1 Å². The van der Waals surface area contributed by atoms with Crippen molar-refractivity contribution in [3.8, 4) is 6.19 Å². The second-order valence-corrected chi connectivity index (χ2v) is 7.50. The summed E-state index contributed by atoms with van der Waals surface area (Å²) >= 11 is 5.75. The smallest absolute Gasteiger partial charge is 0.214 e. The van der Waals surface area contributed by atoms with Crippen LogP contribution in [0.5, 0.6) is 0 Å². The first-order chi connectivity index (χ1) is 8.53. The van der Waals surface area contributed by atoms with Gasteiger partial charge in [0.25, 0.3) is 0 Å². The molecule has 1 aromatic heterocycles. The van der Waals surface area contributed by atoms with Crippen LogP contribution in [0.4, 0.5) is 0 Å². The molecule has 1 aliphatic carbocycles. The molecule has 1 heterocycles. The van der Waals surface area contributed by atoms with Gasteiger partial charge in [-0.3, -0.25) is 0 Å². The minimum absolute atomic E-state index is 0.241. The zero-order chi connectivity index (χ0) is 13.2. The summed E-state index contributed by atoms with van der Waals surface area (Å²) in [6.07, 6.45) is 7.96. The average molecular weight is 284 g/mol. The van der Waals surface area contributed by atoms with Crippen molar-refractivity contribution in [2.24, 2.45) is 10.3 Å². The van der Waals surface area contributed by atoms with E-state index >= 15 is 0 Å². The number of rotatable bonds is 4. The Balaban J connectivity index is 2.36. The van der Waals surface area contributed by atoms with Crippen LogP contribution in [0.25, 0.3) is 0 Å². The quantitative estimate of drug-likeness (QED) is 0.630. The van der Waals surface area contributed by atoms with Crippen LogP contribution in [0.1, 0.15) is 30.1 Å². The average Bonchev–Trinajstić information content (AvgIpc) is 3.11. The van der Waals surface area contributed by atoms with Crippen LogP contribution in [-0.4, -0.2) is 15.4 Å². The van der Waals surface area contributed by atoms with Crippen LogP contribution in [0.3, 0.4) is 0 Å². The van der Waals surface area contributed by atoms with Crippen molar-refractivity contribution in [3.05, 3.63) is 29.0 Å². The van der Waals surface area contributed by atoms with Crippen molar-refractivity contribution in [3.63, 3.8) is 0 Å². The number of hydrogen-bond donors (Lipinski definition) is 0. The zero-order valence-electron chi connectivity index (χ0n) is 10.0. The lowest BCUT2D eigenvalue weighted by atomic mass is 10.1. The lowest BCUT2D eigenvalue weighted by Gasteiger charge is -2.17. The summed E-state index contributed by atoms with van der Waals surface area (Å²) in [7, 11) is -2.56. The van der Waals surface area contributed by atoms with Gasteiger partial charge in [-0.2, -0.15) is 5.26 Å². The molecule has 0 aromatic carbocycles. The monoisotopic (exact) mass is 283 g/mol. The molecule has 0 radical (unpaired) electrons. The standard InChI is InChI=1S/C12H14ClN3OS/c1-18(17,16-8-14)11(6-9-2-3-9)10-4-5-12(13)15-7-10/h4-5,7,9,11H,2-3,6H2,1H3. The molecular weight excluding hydrogens is 270 g/mol. The number of halogens is 1. The first-order valence-corrected chi connectivity index (χ1v) is 8.10. The highest BCUT2D eigenvalue weighted by molar-refractivity contribution is 7.93. The fourth-order valence-corrected chi connectivity index (χ4v) is 3.62. The second-order valence-electron chi connectivity index (χ2n) is 4.63. The number of nitrogens with zero attached hydrogens (tertiary/aromatic N) is 3. The van der Waals surface area contributed by atoms with Crippen LogP contribution in [0.15, 0.2) is 22.7 Å². The maximum absolute atomic E-state index is 12.5. The molecule has 0 bridgehead atoms. The SMILES string of the molecule is CS(=O)(=NC#N)C(CC1CC1)c1ccc(Cl)nc1. The first kappa shape index (κ1) is 13.3. The summed E-state index contributed by atoms with van der Waals surface area (Å²) in [5, 5.41) is 8.82. The van der Waals surface area contributed by atoms with E-state index < -0.39 is 9.73 Å². The summed E-state index contributed by atoms with van der Waals surface area (Å²) in [6, 6.07) is 3.50. The maximum Gasteiger partial charge on any atom is 0.214 e. The van der Waals surface area contributed by atoms with Gasteiger partial charge in [0, 0.05) is 12.5 Å². The minimum Gasteiger partial charge on any atom is -0.248 e. The van der Waals surface area contributed by atoms with E-state index in [1.807, 2.05) is 6.07 Å². The van der Waals surface area contributed by atoms with Crippen LogP contribution < -0.4 is 0 Å². The molecule has 2 atom stereocenters. The molecule has 0 saturated heterocycles. The van der Waals surface area contributed by atoms with Gasteiger partial charge in [-0.25, -0.2) is 9.19 Å². The molecule has 6 heteroatoms. The molecule has 0 spiro atoms. The van der Waals surface area contributed by atoms with Crippen molar-refractivity contribution < 1.29 is 4.21 Å². The van der Waals surface area contributed by atoms with Crippen LogP contribution in [0.2, 0.25) is 5.15 Å². The number of hydrogen-bond acceptors (Lipinski definition) is 4. The molecule has 4 nitrogen and oxygen atoms in total. The highest BCUT2D eigenvalue weighted by atomic mass is 35.5. The Morgan fingerprint density at radius 3 is 2.89 bits per heavy atom. The zero-order valence-corrected chi connectivity index (χ0v) is 11.6. The van der Waals surface area contributed by atoms with Crippen molar-refractivity contribution in [1.82, 2.24) is 4.98 Å². The Morgan fingerprint density at radius 1 is 1.67 bits per heavy atom. The molecule has 0 aliphatic heterocycles. The van der Waals surface area contributed by atoms with E-state index in [2.05, 4.69) is 9.35 Å². The predicted octanol–water partition coefficient (Wildman–Crippen LogP) is 3.16. The molecule has 96 valence electrons. The van der Waals surface area contributed by atoms with E-state index in [4.69, 9.17) is 16.9 Å². The Labute approximate surface area is 112 Å². The Hall–Kier alpha value is -1.12. The van der Waals surface area contributed by atoms with Crippen molar-refractivity contribution in [2.75, 3.05) is 6.26 Å². The fourth-order valence-electron chi connectivity index (χ4n) is 1.95. The third-order valence-electron chi connectivity index (χ3n) is 3.12. The highest BCUT2D eigenvalue weighted by Gasteiger charge is 2.31. The third-order valence-corrected chi connectivity index (χ3v) is 5.30. The van der Waals surface area contributed by atoms with Gasteiger partial charge in [-0.05, 0) is 24.0 Å². The number of aromatic nitrogens is 1. The van der Waals surface area contributed by atoms with Gasteiger partial charge in [0.05, 0.1) is 15.0 Å². The lowest BCUT2D eigenvalue weighted by molar-refractivity contribution is 0.642. The third kappa shape index (κ3) is 3.21. The van der Waals surface area contributed by atoms with E-state index in [9.17, 15) is 4.21 Å². The maximum atomic E-state index is 12.5. The van der Waals surface area contributed by atoms with Gasteiger partial charge in [0.15, 0.2) is 0 Å². The lowest BCUT2D eigenvalue weighted by Crippen LogP contribution is -2.12. The fraction of sp³-hybridized carbons (Fsp3) is 0.500. The molecule has 1 saturated carbocycles. The second kappa shape index (κ2) is 5.25. The van der Waals surface area contributed by atoms with Crippen molar-refractivity contribution >= 4 is 21.3 Å². The summed E-state index contributed by atoms with van der Waals surface area (Å²) in [6.45, 7) is 0. The summed E-state index contributed by atoms with van der Waals surface area (Å²) in [4.78, 5) is 4.02. The van der Waals surface area contributed by atoms with Crippen molar-refractivity contribution in [2.45, 2.75) is 24.5 Å². The molecule has 1 aliphatic rings. The molecule has 0 amide bonds. The summed E-state index contributed by atoms with van der Waals surface area (Å²) in [5.41, 5.74) is 0.845. The summed E-state index contributed by atoms with van der Waals surface area (Å²) < 4.78 is 16.1. The molecule has 1 fully saturated rings. The molecule has 2 unspecified atom stereocenters. The Morgan fingerprint density at radius 2 is 2.39 bits per heavy atom. The highest BCUT2D eigenvalue weighted by Crippen LogP contribution is 2.41. The largest absolute Gasteiger partial charge is 0.248 e. The predicted molar refractivity (Wildman–Crippen MR) is 71.4 cm³/mol. The summed E-state index contributed by atoms with van der Waals surface area (Å²) in [5.74, 6) is 0.598. The van der Waals surface area contributed by atoms with E-state index in [0.29, 0.717) is 11.1 Å². The molecular formula is C12H14ClN3OS. The van der Waals surface area contributed by atoms with Crippen LogP contribution in [0, 0.1) is 17.4 Å². The van der Waals surface area contributed by atoms with E-state index in [0.717, 1.165) is 12.0 Å². The van der Waals surface area contributed by atoms with Gasteiger partial charge >= 0.3 is 0 Å².